The molecule has 0 heterocycles. The number of nitrogens with zero attached hydrogens (tertiary/aromatic N) is 1. The van der Waals surface area contributed by atoms with E-state index in [-0.39, 0.29) is 5.91 Å². The summed E-state index contributed by atoms with van der Waals surface area (Å²) in [7, 11) is 1.51. The second-order valence-electron chi connectivity index (χ2n) is 6.63. The van der Waals surface area contributed by atoms with E-state index >= 15 is 0 Å². The lowest BCUT2D eigenvalue weighted by Crippen LogP contribution is -2.17. The molecule has 0 atom stereocenters. The van der Waals surface area contributed by atoms with Crippen LogP contribution in [0.25, 0.3) is 0 Å². The molecule has 0 aliphatic carbocycles. The number of hydrogen-bond acceptors (Lipinski definition) is 5. The average molecular weight is 495 g/mol. The Morgan fingerprint density at radius 1 is 1.03 bits per heavy atom. The minimum atomic E-state index is -0.364. The molecule has 3 aromatic carbocycles. The molecule has 6 nitrogen and oxygen atoms in total. The molecule has 0 fully saturated rings. The lowest BCUT2D eigenvalue weighted by atomic mass is 10.2. The molecule has 164 valence electrons. The highest BCUT2D eigenvalue weighted by Gasteiger charge is 2.10. The number of halogens is 1. The summed E-state index contributed by atoms with van der Waals surface area (Å²) in [5.74, 6) is 1.35. The zero-order valence-electron chi connectivity index (χ0n) is 17.6. The Bertz CT molecular complexity index is 1100. The van der Waals surface area contributed by atoms with Crippen LogP contribution in [0.15, 0.2) is 89.0 Å². The molecule has 0 spiro atoms. The van der Waals surface area contributed by atoms with Crippen molar-refractivity contribution in [2.24, 2.45) is 5.10 Å². The average Bonchev–Trinajstić information content (AvgIpc) is 2.82. The third kappa shape index (κ3) is 6.46. The first-order valence-corrected chi connectivity index (χ1v) is 10.6. The molecule has 3 rings (SSSR count). The van der Waals surface area contributed by atoms with Crippen molar-refractivity contribution in [3.8, 4) is 17.2 Å². The Balaban J connectivity index is 1.58. The fraction of sp³-hybridized carbons (Fsp3) is 0.120. The van der Waals surface area contributed by atoms with Crippen LogP contribution < -0.4 is 19.6 Å². The third-order valence-corrected chi connectivity index (χ3v) is 4.98. The van der Waals surface area contributed by atoms with E-state index in [0.29, 0.717) is 30.3 Å². The van der Waals surface area contributed by atoms with Crippen LogP contribution in [0.5, 0.6) is 17.2 Å². The molecule has 0 saturated heterocycles. The Morgan fingerprint density at radius 2 is 1.81 bits per heavy atom. The number of hydrogen-bond donors (Lipinski definition) is 1. The van der Waals surface area contributed by atoms with E-state index in [1.165, 1.54) is 7.11 Å². The van der Waals surface area contributed by atoms with Gasteiger partial charge in [-0.2, -0.15) is 5.10 Å². The summed E-state index contributed by atoms with van der Waals surface area (Å²) in [6.07, 6.45) is 3.19. The maximum atomic E-state index is 12.4. The van der Waals surface area contributed by atoms with Gasteiger partial charge in [-0.15, -0.1) is 0 Å². The Labute approximate surface area is 195 Å². The van der Waals surface area contributed by atoms with Crippen LogP contribution in [0.3, 0.4) is 0 Å². The highest BCUT2D eigenvalue weighted by Crippen LogP contribution is 2.28. The lowest BCUT2D eigenvalue weighted by Gasteiger charge is -2.10. The van der Waals surface area contributed by atoms with E-state index in [1.807, 2.05) is 48.5 Å². The molecule has 32 heavy (non-hydrogen) atoms. The van der Waals surface area contributed by atoms with Crippen LogP contribution in [0.4, 0.5) is 0 Å². The molecule has 0 aromatic heterocycles. The lowest BCUT2D eigenvalue weighted by molar-refractivity contribution is 0.0954. The monoisotopic (exact) mass is 494 g/mol. The van der Waals surface area contributed by atoms with Crippen molar-refractivity contribution < 1.29 is 19.0 Å². The molecular weight excluding hydrogens is 472 g/mol. The van der Waals surface area contributed by atoms with Gasteiger partial charge in [-0.1, -0.05) is 43.0 Å². The maximum absolute atomic E-state index is 12.4. The second kappa shape index (κ2) is 11.7. The number of amides is 1. The van der Waals surface area contributed by atoms with Crippen molar-refractivity contribution in [1.29, 1.82) is 0 Å². The van der Waals surface area contributed by atoms with Crippen LogP contribution in [0, 0.1) is 0 Å². The number of ether oxygens (including phenoxy) is 3. The van der Waals surface area contributed by atoms with Crippen molar-refractivity contribution in [1.82, 2.24) is 5.43 Å². The summed E-state index contributed by atoms with van der Waals surface area (Å²) in [4.78, 5) is 12.4. The minimum Gasteiger partial charge on any atom is -0.493 e. The zero-order chi connectivity index (χ0) is 22.8. The van der Waals surface area contributed by atoms with Gasteiger partial charge in [0.15, 0.2) is 11.5 Å². The standard InChI is InChI=1S/C25H23BrN2O4/c1-3-13-31-23-12-10-20(15-24(23)30-2)25(29)28-27-16-19-9-11-22(21(26)14-19)32-17-18-7-5-4-6-8-18/h3-12,14-16H,1,13,17H2,2H3,(H,28,29)/b27-16+. The molecule has 0 saturated carbocycles. The van der Waals surface area contributed by atoms with Crippen LogP contribution in [-0.2, 0) is 6.61 Å². The molecule has 0 bridgehead atoms. The number of carbonyl (C=O) groups is 1. The number of carbonyl (C=O) groups excluding carboxylic acids is 1. The van der Waals surface area contributed by atoms with Gasteiger partial charge in [-0.25, -0.2) is 5.43 Å². The Hall–Kier alpha value is -3.58. The van der Waals surface area contributed by atoms with Gasteiger partial charge < -0.3 is 14.2 Å². The van der Waals surface area contributed by atoms with Crippen molar-refractivity contribution in [2.75, 3.05) is 13.7 Å². The van der Waals surface area contributed by atoms with Crippen LogP contribution in [0.2, 0.25) is 0 Å². The highest BCUT2D eigenvalue weighted by atomic mass is 79.9. The molecule has 1 amide bonds. The first-order valence-electron chi connectivity index (χ1n) is 9.82. The van der Waals surface area contributed by atoms with E-state index in [9.17, 15) is 4.79 Å². The maximum Gasteiger partial charge on any atom is 0.271 e. The summed E-state index contributed by atoms with van der Waals surface area (Å²) < 4.78 is 17.4. The molecular formula is C25H23BrN2O4. The molecule has 1 N–H and O–H groups in total. The molecule has 0 unspecified atom stereocenters. The normalized spacial score (nSPS) is 10.6. The quantitative estimate of drug-likeness (QED) is 0.234. The number of benzene rings is 3. The molecule has 7 heteroatoms. The Kier molecular flexibility index (Phi) is 8.45. The van der Waals surface area contributed by atoms with Crippen molar-refractivity contribution in [3.63, 3.8) is 0 Å². The number of hydrazone groups is 1. The SMILES string of the molecule is C=CCOc1ccc(C(=O)N/N=C/c2ccc(OCc3ccccc3)c(Br)c2)cc1OC. The van der Waals surface area contributed by atoms with Crippen LogP contribution in [-0.4, -0.2) is 25.8 Å². The first kappa shape index (κ1) is 23.1. The zero-order valence-corrected chi connectivity index (χ0v) is 19.2. The summed E-state index contributed by atoms with van der Waals surface area (Å²) in [6, 6.07) is 20.4. The van der Waals surface area contributed by atoms with Gasteiger partial charge in [0.2, 0.25) is 0 Å². The van der Waals surface area contributed by atoms with Gasteiger partial charge >= 0.3 is 0 Å². The minimum absolute atomic E-state index is 0.345. The molecule has 0 radical (unpaired) electrons. The van der Waals surface area contributed by atoms with Crippen LogP contribution in [0.1, 0.15) is 21.5 Å². The summed E-state index contributed by atoms with van der Waals surface area (Å²) in [6.45, 7) is 4.43. The van der Waals surface area contributed by atoms with E-state index < -0.39 is 0 Å². The van der Waals surface area contributed by atoms with E-state index in [1.54, 1.807) is 30.5 Å². The van der Waals surface area contributed by atoms with E-state index in [4.69, 9.17) is 14.2 Å². The number of methoxy groups -OCH3 is 1. The number of rotatable bonds is 10. The fourth-order valence-corrected chi connectivity index (χ4v) is 3.27. The van der Waals surface area contributed by atoms with Gasteiger partial charge in [-0.05, 0) is 63.5 Å². The Morgan fingerprint density at radius 3 is 2.53 bits per heavy atom. The van der Waals surface area contributed by atoms with Crippen LogP contribution >= 0.6 is 15.9 Å². The third-order valence-electron chi connectivity index (χ3n) is 4.36. The largest absolute Gasteiger partial charge is 0.493 e. The summed E-state index contributed by atoms with van der Waals surface area (Å²) in [5.41, 5.74) is 4.80. The number of nitrogens with one attached hydrogen (secondary N) is 1. The highest BCUT2D eigenvalue weighted by molar-refractivity contribution is 9.10. The molecule has 0 aliphatic heterocycles. The van der Waals surface area contributed by atoms with Crippen molar-refractivity contribution >= 4 is 28.1 Å². The second-order valence-corrected chi connectivity index (χ2v) is 7.48. The summed E-state index contributed by atoms with van der Waals surface area (Å²) >= 11 is 3.51. The molecule has 0 aliphatic rings. The molecule has 3 aromatic rings. The fourth-order valence-electron chi connectivity index (χ4n) is 2.76. The van der Waals surface area contributed by atoms with Gasteiger partial charge in [0.1, 0.15) is 19.0 Å². The van der Waals surface area contributed by atoms with E-state index in [2.05, 4.69) is 33.0 Å². The van der Waals surface area contributed by atoms with Crippen molar-refractivity contribution in [3.05, 3.63) is 101 Å². The summed E-state index contributed by atoms with van der Waals surface area (Å²) in [5, 5.41) is 4.04. The van der Waals surface area contributed by atoms with Crippen molar-refractivity contribution in [2.45, 2.75) is 6.61 Å². The van der Waals surface area contributed by atoms with Gasteiger partial charge in [0.25, 0.3) is 5.91 Å². The van der Waals surface area contributed by atoms with E-state index in [0.717, 1.165) is 21.3 Å². The van der Waals surface area contributed by atoms with Gasteiger partial charge in [0, 0.05) is 5.56 Å². The topological polar surface area (TPSA) is 69.2 Å². The first-order chi connectivity index (χ1) is 15.6. The smallest absolute Gasteiger partial charge is 0.271 e. The predicted octanol–water partition coefficient (Wildman–Crippen LogP) is 5.37. The van der Waals surface area contributed by atoms with Gasteiger partial charge in [0.05, 0.1) is 17.8 Å². The van der Waals surface area contributed by atoms with Gasteiger partial charge in [-0.3, -0.25) is 4.79 Å². The predicted molar refractivity (Wildman–Crippen MR) is 129 cm³/mol.